The summed E-state index contributed by atoms with van der Waals surface area (Å²) in [4.78, 5) is 21.9. The number of benzene rings is 1. The lowest BCUT2D eigenvalue weighted by atomic mass is 10.2. The van der Waals surface area contributed by atoms with E-state index in [0.717, 1.165) is 5.56 Å². The van der Waals surface area contributed by atoms with Gasteiger partial charge in [0.25, 0.3) is 5.56 Å². The highest BCUT2D eigenvalue weighted by Crippen LogP contribution is 2.27. The van der Waals surface area contributed by atoms with Crippen molar-refractivity contribution < 1.29 is 8.42 Å². The molecule has 0 bridgehead atoms. The van der Waals surface area contributed by atoms with E-state index in [1.807, 2.05) is 25.1 Å². The van der Waals surface area contributed by atoms with Gasteiger partial charge >= 0.3 is 0 Å². The van der Waals surface area contributed by atoms with Crippen LogP contribution in [0.2, 0.25) is 0 Å². The molecule has 3 heterocycles. The van der Waals surface area contributed by atoms with E-state index in [4.69, 9.17) is 0 Å². The summed E-state index contributed by atoms with van der Waals surface area (Å²) in [5.74, 6) is 1.50. The van der Waals surface area contributed by atoms with Gasteiger partial charge in [-0.05, 0) is 73.5 Å². The van der Waals surface area contributed by atoms with E-state index in [2.05, 4.69) is 25.3 Å². The van der Waals surface area contributed by atoms with E-state index in [1.54, 1.807) is 37.6 Å². The van der Waals surface area contributed by atoms with Gasteiger partial charge in [-0.1, -0.05) is 0 Å². The third-order valence-electron chi connectivity index (χ3n) is 4.93. The van der Waals surface area contributed by atoms with Crippen molar-refractivity contribution in [2.45, 2.75) is 11.8 Å². The molecule has 0 fully saturated rings. The maximum absolute atomic E-state index is 12.8. The van der Waals surface area contributed by atoms with E-state index in [9.17, 15) is 13.2 Å². The minimum atomic E-state index is -3.54. The molecule has 0 amide bonds. The van der Waals surface area contributed by atoms with Gasteiger partial charge < -0.3 is 15.2 Å². The number of anilines is 4. The normalized spacial score (nSPS) is 11.5. The van der Waals surface area contributed by atoms with Crippen molar-refractivity contribution in [1.29, 1.82) is 0 Å². The van der Waals surface area contributed by atoms with Crippen LogP contribution in [-0.2, 0) is 17.1 Å². The summed E-state index contributed by atoms with van der Waals surface area (Å²) in [6, 6.07) is 13.6. The molecule has 9 nitrogen and oxygen atoms in total. The Labute approximate surface area is 185 Å². The largest absolute Gasteiger partial charge is 0.339 e. The molecule has 0 spiro atoms. The second-order valence-electron chi connectivity index (χ2n) is 7.25. The van der Waals surface area contributed by atoms with Crippen molar-refractivity contribution in [3.63, 3.8) is 0 Å². The fraction of sp³-hybridized carbons (Fsp3) is 0.136. The van der Waals surface area contributed by atoms with Gasteiger partial charge in [0.2, 0.25) is 10.0 Å². The van der Waals surface area contributed by atoms with E-state index in [-0.39, 0.29) is 10.5 Å². The van der Waals surface area contributed by atoms with Crippen LogP contribution in [0, 0.1) is 6.92 Å². The summed E-state index contributed by atoms with van der Waals surface area (Å²) in [5, 5.41) is 7.45. The quantitative estimate of drug-likeness (QED) is 0.413. The highest BCUT2D eigenvalue weighted by atomic mass is 32.2. The van der Waals surface area contributed by atoms with Gasteiger partial charge in [0, 0.05) is 25.1 Å². The number of hydrogen-bond acceptors (Lipinski definition) is 7. The third-order valence-corrected chi connectivity index (χ3v) is 6.36. The minimum absolute atomic E-state index is 0.139. The van der Waals surface area contributed by atoms with Gasteiger partial charge in [-0.2, -0.15) is 0 Å². The standard InChI is InChI=1S/C22H22N6O3S/c1-14-8-10-24-18(12-14)26-19-13-15-9-11-28(3)22(29)20(15)21(27-19)25-16-4-6-17(7-5-16)32(30,31)23-2/h4-13,23H,1-3H3,(H2,24,25,26,27). The summed E-state index contributed by atoms with van der Waals surface area (Å²) >= 11 is 0. The number of pyridine rings is 3. The van der Waals surface area contributed by atoms with Crippen molar-refractivity contribution in [2.24, 2.45) is 7.05 Å². The summed E-state index contributed by atoms with van der Waals surface area (Å²) in [6.07, 6.45) is 3.40. The van der Waals surface area contributed by atoms with Crippen LogP contribution in [0.5, 0.6) is 0 Å². The molecule has 32 heavy (non-hydrogen) atoms. The van der Waals surface area contributed by atoms with Crippen molar-refractivity contribution in [3.8, 4) is 0 Å². The number of fused-ring (bicyclic) bond motifs is 1. The van der Waals surface area contributed by atoms with E-state index in [0.29, 0.717) is 33.9 Å². The number of sulfonamides is 1. The molecule has 0 radical (unpaired) electrons. The molecule has 3 N–H and O–H groups in total. The first-order chi connectivity index (χ1) is 15.3. The highest BCUT2D eigenvalue weighted by molar-refractivity contribution is 7.89. The molecule has 1 aromatic carbocycles. The fourth-order valence-electron chi connectivity index (χ4n) is 3.22. The van der Waals surface area contributed by atoms with Crippen LogP contribution in [0.4, 0.5) is 23.1 Å². The molecule has 0 aliphatic rings. The molecule has 0 aliphatic carbocycles. The molecule has 0 saturated heterocycles. The molecule has 164 valence electrons. The molecule has 10 heteroatoms. The van der Waals surface area contributed by atoms with Gasteiger partial charge in [0.1, 0.15) is 17.5 Å². The number of aryl methyl sites for hydroxylation is 2. The number of nitrogens with zero attached hydrogens (tertiary/aromatic N) is 3. The molecular formula is C22H22N6O3S. The van der Waals surface area contributed by atoms with E-state index >= 15 is 0 Å². The Morgan fingerprint density at radius 1 is 0.969 bits per heavy atom. The lowest BCUT2D eigenvalue weighted by molar-refractivity contribution is 0.588. The van der Waals surface area contributed by atoms with Crippen LogP contribution in [0.15, 0.2) is 70.6 Å². The predicted octanol–water partition coefficient (Wildman–Crippen LogP) is 3.03. The molecule has 0 atom stereocenters. The summed E-state index contributed by atoms with van der Waals surface area (Å²) < 4.78 is 27.7. The minimum Gasteiger partial charge on any atom is -0.339 e. The molecule has 3 aromatic heterocycles. The maximum Gasteiger partial charge on any atom is 0.261 e. The average molecular weight is 451 g/mol. The monoisotopic (exact) mass is 450 g/mol. The smallest absolute Gasteiger partial charge is 0.261 e. The number of rotatable bonds is 6. The Bertz CT molecular complexity index is 1460. The summed E-state index contributed by atoms with van der Waals surface area (Å²) in [5.41, 5.74) is 1.44. The van der Waals surface area contributed by atoms with Gasteiger partial charge in [0.15, 0.2) is 0 Å². The van der Waals surface area contributed by atoms with Gasteiger partial charge in [-0.3, -0.25) is 4.79 Å². The molecular weight excluding hydrogens is 428 g/mol. The first-order valence-electron chi connectivity index (χ1n) is 9.77. The van der Waals surface area contributed by atoms with E-state index in [1.165, 1.54) is 23.7 Å². The van der Waals surface area contributed by atoms with Crippen LogP contribution in [0.25, 0.3) is 10.8 Å². The van der Waals surface area contributed by atoms with Crippen molar-refractivity contribution in [1.82, 2.24) is 19.3 Å². The zero-order valence-electron chi connectivity index (χ0n) is 17.7. The Balaban J connectivity index is 1.78. The summed E-state index contributed by atoms with van der Waals surface area (Å²) in [6.45, 7) is 1.97. The summed E-state index contributed by atoms with van der Waals surface area (Å²) in [7, 11) is -0.515. The number of hydrogen-bond donors (Lipinski definition) is 3. The van der Waals surface area contributed by atoms with Crippen LogP contribution >= 0.6 is 0 Å². The van der Waals surface area contributed by atoms with Crippen LogP contribution in [0.3, 0.4) is 0 Å². The second-order valence-corrected chi connectivity index (χ2v) is 9.14. The Morgan fingerprint density at radius 3 is 2.41 bits per heavy atom. The molecule has 0 aliphatic heterocycles. The molecule has 4 rings (SSSR count). The zero-order valence-corrected chi connectivity index (χ0v) is 18.6. The van der Waals surface area contributed by atoms with Gasteiger partial charge in [-0.15, -0.1) is 0 Å². The lowest BCUT2D eigenvalue weighted by Crippen LogP contribution is -2.18. The van der Waals surface area contributed by atoms with Gasteiger partial charge in [-0.25, -0.2) is 23.1 Å². The first kappa shape index (κ1) is 21.5. The molecule has 0 unspecified atom stereocenters. The predicted molar refractivity (Wildman–Crippen MR) is 125 cm³/mol. The number of aromatic nitrogens is 3. The fourth-order valence-corrected chi connectivity index (χ4v) is 3.95. The third kappa shape index (κ3) is 4.32. The SMILES string of the molecule is CNS(=O)(=O)c1ccc(Nc2nc(Nc3cc(C)ccn3)cc3ccn(C)c(=O)c23)cc1. The lowest BCUT2D eigenvalue weighted by Gasteiger charge is -2.13. The topological polar surface area (TPSA) is 118 Å². The van der Waals surface area contributed by atoms with Crippen LogP contribution in [-0.4, -0.2) is 30.0 Å². The maximum atomic E-state index is 12.8. The second kappa shape index (κ2) is 8.40. The van der Waals surface area contributed by atoms with Crippen molar-refractivity contribution in [2.75, 3.05) is 17.7 Å². The first-order valence-corrected chi connectivity index (χ1v) is 11.3. The number of nitrogens with one attached hydrogen (secondary N) is 3. The highest BCUT2D eigenvalue weighted by Gasteiger charge is 2.14. The van der Waals surface area contributed by atoms with Crippen molar-refractivity contribution >= 4 is 43.9 Å². The Morgan fingerprint density at radius 2 is 1.72 bits per heavy atom. The van der Waals surface area contributed by atoms with Crippen LogP contribution < -0.4 is 20.9 Å². The average Bonchev–Trinajstić information content (AvgIpc) is 2.76. The molecule has 4 aromatic rings. The zero-order chi connectivity index (χ0) is 22.9. The Hall–Kier alpha value is -3.76. The van der Waals surface area contributed by atoms with E-state index < -0.39 is 10.0 Å². The molecule has 0 saturated carbocycles. The van der Waals surface area contributed by atoms with Crippen LogP contribution in [0.1, 0.15) is 5.56 Å². The van der Waals surface area contributed by atoms with Crippen molar-refractivity contribution in [3.05, 3.63) is 76.8 Å². The Kier molecular flexibility index (Phi) is 5.64. The van der Waals surface area contributed by atoms with Gasteiger partial charge in [0.05, 0.1) is 10.3 Å².